The molecule has 4 rings (SSSR count). The molecule has 148 valence electrons. The summed E-state index contributed by atoms with van der Waals surface area (Å²) in [6, 6.07) is 16.4. The molecule has 1 aromatic heterocycles. The smallest absolute Gasteiger partial charge is 0.335 e. The average Bonchev–Trinajstić information content (AvgIpc) is 2.75. The molecule has 0 saturated carbocycles. The molecule has 0 aliphatic carbocycles. The fraction of sp³-hybridized carbons (Fsp3) is 0.190. The predicted octanol–water partition coefficient (Wildman–Crippen LogP) is 3.50. The first kappa shape index (κ1) is 18.7. The van der Waals surface area contributed by atoms with E-state index >= 15 is 0 Å². The Morgan fingerprint density at radius 3 is 2.52 bits per heavy atom. The van der Waals surface area contributed by atoms with E-state index < -0.39 is 5.97 Å². The number of ether oxygens (including phenoxy) is 1. The van der Waals surface area contributed by atoms with Crippen LogP contribution in [-0.4, -0.2) is 47.3 Å². The first-order valence-electron chi connectivity index (χ1n) is 9.30. The zero-order chi connectivity index (χ0) is 20.1. The Labute approximate surface area is 168 Å². The van der Waals surface area contributed by atoms with Crippen LogP contribution in [0.25, 0.3) is 0 Å². The topological polar surface area (TPSA) is 99.6 Å². The molecule has 2 heterocycles. The van der Waals surface area contributed by atoms with Crippen LogP contribution in [-0.2, 0) is 4.74 Å². The van der Waals surface area contributed by atoms with Gasteiger partial charge in [-0.2, -0.15) is 0 Å². The number of benzene rings is 2. The van der Waals surface area contributed by atoms with Crippen LogP contribution in [0.2, 0.25) is 0 Å². The molecule has 0 atom stereocenters. The van der Waals surface area contributed by atoms with Gasteiger partial charge in [0.2, 0.25) is 0 Å². The number of carboxylic acid groups (broad SMARTS) is 1. The highest BCUT2D eigenvalue weighted by Gasteiger charge is 2.15. The van der Waals surface area contributed by atoms with E-state index in [9.17, 15) is 4.79 Å². The van der Waals surface area contributed by atoms with E-state index in [2.05, 4.69) is 31.6 Å². The van der Waals surface area contributed by atoms with Crippen molar-refractivity contribution in [2.24, 2.45) is 0 Å². The second kappa shape index (κ2) is 8.57. The molecule has 3 aromatic rings. The Morgan fingerprint density at radius 2 is 1.72 bits per heavy atom. The van der Waals surface area contributed by atoms with Crippen molar-refractivity contribution >= 4 is 34.7 Å². The molecule has 0 amide bonds. The molecular formula is C21H21N5O3. The second-order valence-electron chi connectivity index (χ2n) is 6.54. The van der Waals surface area contributed by atoms with Crippen LogP contribution in [0.15, 0.2) is 60.9 Å². The molecule has 0 spiro atoms. The Bertz CT molecular complexity index is 1000. The van der Waals surface area contributed by atoms with E-state index in [0.717, 1.165) is 24.5 Å². The van der Waals surface area contributed by atoms with Gasteiger partial charge in [-0.1, -0.05) is 18.2 Å². The molecule has 1 fully saturated rings. The molecule has 8 heteroatoms. The van der Waals surface area contributed by atoms with Gasteiger partial charge in [0.1, 0.15) is 18.0 Å². The average molecular weight is 391 g/mol. The summed E-state index contributed by atoms with van der Waals surface area (Å²) in [4.78, 5) is 22.0. The second-order valence-corrected chi connectivity index (χ2v) is 6.54. The monoisotopic (exact) mass is 391 g/mol. The lowest BCUT2D eigenvalue weighted by Gasteiger charge is -2.30. The van der Waals surface area contributed by atoms with Crippen LogP contribution in [0.3, 0.4) is 0 Å². The number of para-hydroxylation sites is 2. The summed E-state index contributed by atoms with van der Waals surface area (Å²) in [5.41, 5.74) is 2.90. The standard InChI is InChI=1S/C21H21N5O3/c27-21(28)15-4-3-5-16(12-15)24-19-13-20(23-14-22-19)25-17-6-1-2-7-18(17)26-8-10-29-11-9-26/h1-7,12-14H,8-11H2,(H,27,28)(H2,22,23,24,25). The molecule has 1 saturated heterocycles. The maximum Gasteiger partial charge on any atom is 0.335 e. The van der Waals surface area contributed by atoms with Crippen LogP contribution >= 0.6 is 0 Å². The molecular weight excluding hydrogens is 370 g/mol. The number of aromatic carboxylic acids is 1. The van der Waals surface area contributed by atoms with Crippen molar-refractivity contribution in [2.75, 3.05) is 41.8 Å². The Kier molecular flexibility index (Phi) is 5.53. The highest BCUT2D eigenvalue weighted by Crippen LogP contribution is 2.29. The van der Waals surface area contributed by atoms with Crippen molar-refractivity contribution in [2.45, 2.75) is 0 Å². The Balaban J connectivity index is 1.53. The molecule has 3 N–H and O–H groups in total. The van der Waals surface area contributed by atoms with Crippen molar-refractivity contribution in [3.05, 3.63) is 66.5 Å². The number of anilines is 5. The molecule has 1 aliphatic heterocycles. The van der Waals surface area contributed by atoms with Crippen LogP contribution < -0.4 is 15.5 Å². The minimum absolute atomic E-state index is 0.210. The third-order valence-corrected chi connectivity index (χ3v) is 4.57. The van der Waals surface area contributed by atoms with E-state index in [1.54, 1.807) is 30.3 Å². The van der Waals surface area contributed by atoms with Gasteiger partial charge < -0.3 is 25.4 Å². The zero-order valence-corrected chi connectivity index (χ0v) is 15.7. The quantitative estimate of drug-likeness (QED) is 0.587. The predicted molar refractivity (Wildman–Crippen MR) is 111 cm³/mol. The highest BCUT2D eigenvalue weighted by atomic mass is 16.5. The molecule has 0 unspecified atom stereocenters. The van der Waals surface area contributed by atoms with E-state index in [1.165, 1.54) is 6.33 Å². The lowest BCUT2D eigenvalue weighted by atomic mass is 10.2. The van der Waals surface area contributed by atoms with Gasteiger partial charge in [-0.15, -0.1) is 0 Å². The normalized spacial score (nSPS) is 13.7. The van der Waals surface area contributed by atoms with Crippen molar-refractivity contribution in [1.82, 2.24) is 9.97 Å². The van der Waals surface area contributed by atoms with Crippen molar-refractivity contribution in [3.8, 4) is 0 Å². The molecule has 1 aliphatic rings. The molecule has 2 aromatic carbocycles. The summed E-state index contributed by atoms with van der Waals surface area (Å²) in [7, 11) is 0. The van der Waals surface area contributed by atoms with Gasteiger partial charge in [0.05, 0.1) is 30.2 Å². The summed E-state index contributed by atoms with van der Waals surface area (Å²) in [5, 5.41) is 15.6. The number of nitrogens with zero attached hydrogens (tertiary/aromatic N) is 3. The van der Waals surface area contributed by atoms with Gasteiger partial charge in [0.15, 0.2) is 0 Å². The van der Waals surface area contributed by atoms with Crippen LogP contribution in [0.5, 0.6) is 0 Å². The van der Waals surface area contributed by atoms with E-state index in [-0.39, 0.29) is 5.56 Å². The lowest BCUT2D eigenvalue weighted by molar-refractivity contribution is 0.0697. The SMILES string of the molecule is O=C(O)c1cccc(Nc2cc(Nc3ccccc3N3CCOCC3)ncn2)c1. The highest BCUT2D eigenvalue weighted by molar-refractivity contribution is 5.89. The molecule has 8 nitrogen and oxygen atoms in total. The maximum atomic E-state index is 11.2. The largest absolute Gasteiger partial charge is 0.478 e. The van der Waals surface area contributed by atoms with Gasteiger partial charge in [-0.05, 0) is 30.3 Å². The number of hydrogen-bond donors (Lipinski definition) is 3. The van der Waals surface area contributed by atoms with Crippen molar-refractivity contribution in [1.29, 1.82) is 0 Å². The number of hydrogen-bond acceptors (Lipinski definition) is 7. The lowest BCUT2D eigenvalue weighted by Crippen LogP contribution is -2.36. The third kappa shape index (κ3) is 4.61. The number of aromatic nitrogens is 2. The van der Waals surface area contributed by atoms with Gasteiger partial charge in [0, 0.05) is 24.8 Å². The number of morpholine rings is 1. The number of rotatable bonds is 6. The minimum Gasteiger partial charge on any atom is -0.478 e. The van der Waals surface area contributed by atoms with Crippen LogP contribution in [0.1, 0.15) is 10.4 Å². The fourth-order valence-corrected chi connectivity index (χ4v) is 3.17. The van der Waals surface area contributed by atoms with Gasteiger partial charge in [-0.3, -0.25) is 0 Å². The molecule has 29 heavy (non-hydrogen) atoms. The third-order valence-electron chi connectivity index (χ3n) is 4.57. The molecule has 0 bridgehead atoms. The Morgan fingerprint density at radius 1 is 0.966 bits per heavy atom. The van der Waals surface area contributed by atoms with E-state index in [0.29, 0.717) is 30.5 Å². The number of carboxylic acids is 1. The van der Waals surface area contributed by atoms with E-state index in [1.807, 2.05) is 18.2 Å². The summed E-state index contributed by atoms with van der Waals surface area (Å²) in [6.07, 6.45) is 1.46. The fourth-order valence-electron chi connectivity index (χ4n) is 3.17. The number of nitrogens with one attached hydrogen (secondary N) is 2. The number of carbonyl (C=O) groups is 1. The van der Waals surface area contributed by atoms with Gasteiger partial charge in [0.25, 0.3) is 0 Å². The summed E-state index contributed by atoms with van der Waals surface area (Å²) >= 11 is 0. The van der Waals surface area contributed by atoms with Crippen LogP contribution in [0.4, 0.5) is 28.7 Å². The zero-order valence-electron chi connectivity index (χ0n) is 15.7. The first-order chi connectivity index (χ1) is 14.2. The van der Waals surface area contributed by atoms with Crippen molar-refractivity contribution in [3.63, 3.8) is 0 Å². The first-order valence-corrected chi connectivity index (χ1v) is 9.30. The van der Waals surface area contributed by atoms with Crippen molar-refractivity contribution < 1.29 is 14.6 Å². The van der Waals surface area contributed by atoms with Gasteiger partial charge in [-0.25, -0.2) is 14.8 Å². The molecule has 0 radical (unpaired) electrons. The van der Waals surface area contributed by atoms with Crippen LogP contribution in [0, 0.1) is 0 Å². The summed E-state index contributed by atoms with van der Waals surface area (Å²) < 4.78 is 5.45. The summed E-state index contributed by atoms with van der Waals surface area (Å²) in [5.74, 6) is 0.227. The maximum absolute atomic E-state index is 11.2. The minimum atomic E-state index is -0.974. The Hall–Kier alpha value is -3.65. The van der Waals surface area contributed by atoms with E-state index in [4.69, 9.17) is 9.84 Å². The summed E-state index contributed by atoms with van der Waals surface area (Å²) in [6.45, 7) is 3.11. The van der Waals surface area contributed by atoms with Gasteiger partial charge >= 0.3 is 5.97 Å².